The van der Waals surface area contributed by atoms with Gasteiger partial charge in [-0.1, -0.05) is 0 Å². The number of amides is 1. The molecule has 0 bridgehead atoms. The fourth-order valence-electron chi connectivity index (χ4n) is 3.01. The third kappa shape index (κ3) is 4.20. The summed E-state index contributed by atoms with van der Waals surface area (Å²) >= 11 is 0. The molecule has 31 heavy (non-hydrogen) atoms. The van der Waals surface area contributed by atoms with Gasteiger partial charge in [0.1, 0.15) is 17.0 Å². The number of ether oxygens (including phenoxy) is 1. The van der Waals surface area contributed by atoms with Gasteiger partial charge in [-0.3, -0.25) is 4.79 Å². The van der Waals surface area contributed by atoms with E-state index in [-0.39, 0.29) is 40.6 Å². The first kappa shape index (κ1) is 22.5. The third-order valence-corrected chi connectivity index (χ3v) is 4.93. The molecule has 2 N–H and O–H groups in total. The number of nitrogens with zero attached hydrogens (tertiary/aromatic N) is 3. The van der Waals surface area contributed by atoms with Crippen LogP contribution >= 0.6 is 0 Å². The van der Waals surface area contributed by atoms with Crippen LogP contribution in [0.4, 0.5) is 13.2 Å². The number of aromatic nitrogens is 2. The van der Waals surface area contributed by atoms with E-state index in [1.165, 1.54) is 24.1 Å². The van der Waals surface area contributed by atoms with Crippen LogP contribution in [0, 0.1) is 0 Å². The molecule has 1 amide bonds. The van der Waals surface area contributed by atoms with Gasteiger partial charge in [0.05, 0.1) is 13.2 Å². The van der Waals surface area contributed by atoms with Crippen LogP contribution in [0.2, 0.25) is 0 Å². The highest BCUT2D eigenvalue weighted by atomic mass is 19.4. The minimum absolute atomic E-state index is 0.00236. The number of hydrogen-bond acceptors (Lipinski definition) is 6. The second kappa shape index (κ2) is 8.18. The number of fused-ring (bicyclic) bond motifs is 1. The fourth-order valence-corrected chi connectivity index (χ4v) is 3.01. The zero-order valence-corrected chi connectivity index (χ0v) is 17.7. The lowest BCUT2D eigenvalue weighted by atomic mass is 10.1. The van der Waals surface area contributed by atoms with Gasteiger partial charge in [0.2, 0.25) is 5.89 Å². The summed E-state index contributed by atoms with van der Waals surface area (Å²) in [6.07, 6.45) is -4.61. The van der Waals surface area contributed by atoms with E-state index >= 15 is 0 Å². The van der Waals surface area contributed by atoms with Crippen LogP contribution in [0.15, 0.2) is 28.7 Å². The molecule has 0 saturated heterocycles. The van der Waals surface area contributed by atoms with Crippen molar-refractivity contribution in [3.05, 3.63) is 41.4 Å². The maximum absolute atomic E-state index is 13.2. The van der Waals surface area contributed by atoms with Crippen molar-refractivity contribution in [2.24, 2.45) is 5.73 Å². The Hall–Kier alpha value is -3.14. The first-order valence-corrected chi connectivity index (χ1v) is 9.54. The minimum Gasteiger partial charge on any atom is -0.494 e. The Balaban J connectivity index is 2.22. The SMILES string of the molecule is COc1ccc(-c2nc(C(=O)N(C)C(C)C)c([C@H](C)N)o2)c2ccc(C(F)(F)F)nc12. The Kier molecular flexibility index (Phi) is 5.95. The Labute approximate surface area is 177 Å². The molecule has 7 nitrogen and oxygen atoms in total. The molecule has 0 spiro atoms. The number of hydrogen-bond donors (Lipinski definition) is 1. The number of oxazole rings is 1. The van der Waals surface area contributed by atoms with E-state index in [1.54, 1.807) is 20.0 Å². The maximum atomic E-state index is 13.2. The van der Waals surface area contributed by atoms with Crippen LogP contribution in [0.25, 0.3) is 22.4 Å². The van der Waals surface area contributed by atoms with Crippen LogP contribution in [0.5, 0.6) is 5.75 Å². The highest BCUT2D eigenvalue weighted by Gasteiger charge is 2.33. The number of carbonyl (C=O) groups is 1. The number of nitrogens with two attached hydrogens (primary N) is 1. The average Bonchev–Trinajstić information content (AvgIpc) is 3.16. The van der Waals surface area contributed by atoms with Gasteiger partial charge in [-0.05, 0) is 45.0 Å². The Bertz CT molecular complexity index is 1120. The number of pyridine rings is 1. The van der Waals surface area contributed by atoms with Gasteiger partial charge >= 0.3 is 6.18 Å². The number of methoxy groups -OCH3 is 1. The highest BCUT2D eigenvalue weighted by Crippen LogP contribution is 2.37. The number of rotatable bonds is 5. The molecular weight excluding hydrogens is 413 g/mol. The second-order valence-corrected chi connectivity index (χ2v) is 7.44. The molecule has 0 aliphatic carbocycles. The van der Waals surface area contributed by atoms with Gasteiger partial charge in [-0.2, -0.15) is 13.2 Å². The van der Waals surface area contributed by atoms with E-state index in [2.05, 4.69) is 9.97 Å². The number of carbonyl (C=O) groups excluding carboxylic acids is 1. The predicted octanol–water partition coefficient (Wildman–Crippen LogP) is 4.42. The van der Waals surface area contributed by atoms with Crippen LogP contribution in [0.3, 0.4) is 0 Å². The number of halogens is 3. The van der Waals surface area contributed by atoms with Crippen LogP contribution < -0.4 is 10.5 Å². The molecule has 0 aliphatic heterocycles. The predicted molar refractivity (Wildman–Crippen MR) is 109 cm³/mol. The highest BCUT2D eigenvalue weighted by molar-refractivity contribution is 5.98. The summed E-state index contributed by atoms with van der Waals surface area (Å²) in [5, 5.41) is 0.334. The third-order valence-electron chi connectivity index (χ3n) is 4.93. The second-order valence-electron chi connectivity index (χ2n) is 7.44. The minimum atomic E-state index is -4.61. The Morgan fingerprint density at radius 3 is 2.39 bits per heavy atom. The smallest absolute Gasteiger partial charge is 0.433 e. The Morgan fingerprint density at radius 2 is 1.84 bits per heavy atom. The number of benzene rings is 1. The van der Waals surface area contributed by atoms with Crippen molar-refractivity contribution >= 4 is 16.8 Å². The van der Waals surface area contributed by atoms with Gasteiger partial charge in [0.25, 0.3) is 5.91 Å². The molecule has 2 heterocycles. The van der Waals surface area contributed by atoms with E-state index in [1.807, 2.05) is 13.8 Å². The van der Waals surface area contributed by atoms with Crippen molar-refractivity contribution < 1.29 is 27.1 Å². The maximum Gasteiger partial charge on any atom is 0.433 e. The molecule has 166 valence electrons. The molecule has 10 heteroatoms. The van der Waals surface area contributed by atoms with Gasteiger partial charge in [-0.15, -0.1) is 0 Å². The normalized spacial score (nSPS) is 13.0. The first-order chi connectivity index (χ1) is 14.5. The lowest BCUT2D eigenvalue weighted by Gasteiger charge is -2.20. The van der Waals surface area contributed by atoms with Crippen LogP contribution in [-0.4, -0.2) is 41.0 Å². The van der Waals surface area contributed by atoms with E-state index in [4.69, 9.17) is 14.9 Å². The quantitative estimate of drug-likeness (QED) is 0.636. The molecule has 0 radical (unpaired) electrons. The van der Waals surface area contributed by atoms with Crippen molar-refractivity contribution in [2.45, 2.75) is 39.0 Å². The molecule has 3 rings (SSSR count). The molecular formula is C21H23F3N4O3. The van der Waals surface area contributed by atoms with E-state index in [0.29, 0.717) is 10.9 Å². The zero-order valence-electron chi connectivity index (χ0n) is 17.7. The van der Waals surface area contributed by atoms with Crippen molar-refractivity contribution in [1.29, 1.82) is 0 Å². The molecule has 0 saturated carbocycles. The largest absolute Gasteiger partial charge is 0.494 e. The standard InChI is InChI=1S/C21H23F3N4O3/c1-10(2)28(4)20(29)17-18(11(3)25)31-19(27-17)13-6-8-14(30-5)16-12(13)7-9-15(26-16)21(22,23)24/h6-11H,25H2,1-5H3/t11-/m0/s1. The van der Waals surface area contributed by atoms with Crippen molar-refractivity contribution in [1.82, 2.24) is 14.9 Å². The Morgan fingerprint density at radius 1 is 1.16 bits per heavy atom. The van der Waals surface area contributed by atoms with E-state index in [0.717, 1.165) is 6.07 Å². The van der Waals surface area contributed by atoms with E-state index < -0.39 is 17.9 Å². The summed E-state index contributed by atoms with van der Waals surface area (Å²) in [7, 11) is 2.98. The molecule has 2 aromatic heterocycles. The lowest BCUT2D eigenvalue weighted by Crippen LogP contribution is -2.34. The van der Waals surface area contributed by atoms with Crippen molar-refractivity contribution in [3.8, 4) is 17.2 Å². The van der Waals surface area contributed by atoms with Crippen LogP contribution in [0.1, 0.15) is 48.8 Å². The lowest BCUT2D eigenvalue weighted by molar-refractivity contribution is -0.140. The molecule has 1 aromatic carbocycles. The van der Waals surface area contributed by atoms with Gasteiger partial charge in [-0.25, -0.2) is 9.97 Å². The van der Waals surface area contributed by atoms with Gasteiger partial charge in [0, 0.05) is 24.0 Å². The van der Waals surface area contributed by atoms with E-state index in [9.17, 15) is 18.0 Å². The summed E-state index contributed by atoms with van der Waals surface area (Å²) in [6.45, 7) is 5.36. The number of alkyl halides is 3. The molecule has 3 aromatic rings. The fraction of sp³-hybridized carbons (Fsp3) is 0.381. The summed E-state index contributed by atoms with van der Waals surface area (Å²) in [5.41, 5.74) is 5.37. The average molecular weight is 436 g/mol. The topological polar surface area (TPSA) is 94.5 Å². The van der Waals surface area contributed by atoms with Gasteiger partial charge < -0.3 is 19.8 Å². The van der Waals surface area contributed by atoms with Crippen LogP contribution in [-0.2, 0) is 6.18 Å². The summed E-state index contributed by atoms with van der Waals surface area (Å²) in [4.78, 5) is 22.5. The molecule has 0 unspecified atom stereocenters. The van der Waals surface area contributed by atoms with Crippen molar-refractivity contribution in [3.63, 3.8) is 0 Å². The summed E-state index contributed by atoms with van der Waals surface area (Å²) in [6, 6.07) is 4.51. The van der Waals surface area contributed by atoms with Gasteiger partial charge in [0.15, 0.2) is 11.5 Å². The monoisotopic (exact) mass is 436 g/mol. The molecule has 0 aliphatic rings. The summed E-state index contributed by atoms with van der Waals surface area (Å²) < 4.78 is 50.5. The first-order valence-electron chi connectivity index (χ1n) is 9.54. The zero-order chi connectivity index (χ0) is 23.1. The molecule has 1 atom stereocenters. The molecule has 0 fully saturated rings. The van der Waals surface area contributed by atoms with Crippen molar-refractivity contribution in [2.75, 3.05) is 14.2 Å². The summed E-state index contributed by atoms with van der Waals surface area (Å²) in [5.74, 6) is 0.0469.